The van der Waals surface area contributed by atoms with E-state index in [1.54, 1.807) is 0 Å². The van der Waals surface area contributed by atoms with E-state index in [1.807, 2.05) is 19.1 Å². The van der Waals surface area contributed by atoms with Crippen LogP contribution in [0.15, 0.2) is 60.7 Å². The molecule has 256 valence electrons. The predicted octanol–water partition coefficient (Wildman–Crippen LogP) is 12.5. The van der Waals surface area contributed by atoms with E-state index in [1.165, 1.54) is 0 Å². The lowest BCUT2D eigenvalue weighted by Gasteiger charge is -2.21. The number of benzene rings is 4. The molecule has 0 saturated carbocycles. The third-order valence-electron chi connectivity index (χ3n) is 7.09. The fourth-order valence-electron chi connectivity index (χ4n) is 4.92. The second-order valence-corrected chi connectivity index (χ2v) is 11.0. The lowest BCUT2D eigenvalue weighted by Crippen LogP contribution is -2.24. The van der Waals surface area contributed by atoms with Gasteiger partial charge in [-0.3, -0.25) is 0 Å². The first-order valence-electron chi connectivity index (χ1n) is 14.2. The van der Waals surface area contributed by atoms with Gasteiger partial charge in [0.15, 0.2) is 0 Å². The van der Waals surface area contributed by atoms with Gasteiger partial charge in [-0.25, -0.2) is 30.7 Å². The second kappa shape index (κ2) is 14.6. The van der Waals surface area contributed by atoms with Gasteiger partial charge in [0.1, 0.15) is 57.6 Å². The van der Waals surface area contributed by atoms with E-state index < -0.39 is 97.2 Å². The molecule has 0 fully saturated rings. The smallest absolute Gasteiger partial charge is 0.429 e. The van der Waals surface area contributed by atoms with Crippen LogP contribution in [-0.2, 0) is 18.7 Å². The quantitative estimate of drug-likeness (QED) is 0.0855. The largest absolute Gasteiger partial charge is 0.431 e. The van der Waals surface area contributed by atoms with E-state index >= 15 is 13.2 Å². The summed E-state index contributed by atoms with van der Waals surface area (Å²) in [6.07, 6.45) is -2.87. The first-order valence-corrected chi connectivity index (χ1v) is 14.6. The SMILES string of the molecule is CCCC/C=C/CCc1cc(F)c(-c2cc(F)c(-c3cc(F)c(C(F)(F)Oc4cc(F)c(C(F)(F)F)c(F)c4)c(Cl)c3)c(F)c2)c(F)c1. The molecule has 14 heteroatoms. The van der Waals surface area contributed by atoms with Crippen LogP contribution >= 0.6 is 11.6 Å². The molecule has 0 aliphatic rings. The van der Waals surface area contributed by atoms with Crippen molar-refractivity contribution in [3.05, 3.63) is 123 Å². The van der Waals surface area contributed by atoms with Gasteiger partial charge < -0.3 is 4.74 Å². The molecule has 0 aromatic heterocycles. The van der Waals surface area contributed by atoms with E-state index in [0.717, 1.165) is 31.4 Å². The first kappa shape index (κ1) is 36.7. The second-order valence-electron chi connectivity index (χ2n) is 10.6. The molecule has 0 saturated heterocycles. The van der Waals surface area contributed by atoms with Crippen molar-refractivity contribution >= 4 is 11.6 Å². The highest BCUT2D eigenvalue weighted by Crippen LogP contribution is 2.43. The number of hydrogen-bond acceptors (Lipinski definition) is 1. The molecule has 0 radical (unpaired) electrons. The average Bonchev–Trinajstić information content (AvgIpc) is 2.92. The number of halogens is 13. The molecule has 0 atom stereocenters. The van der Waals surface area contributed by atoms with E-state index in [0.29, 0.717) is 36.6 Å². The number of unbranched alkanes of at least 4 members (excludes halogenated alkanes) is 2. The summed E-state index contributed by atoms with van der Waals surface area (Å²) in [6, 6.07) is 3.40. The molecule has 48 heavy (non-hydrogen) atoms. The molecule has 0 aliphatic carbocycles. The minimum absolute atomic E-state index is 0.209. The molecule has 0 aliphatic heterocycles. The van der Waals surface area contributed by atoms with Gasteiger partial charge in [-0.05, 0) is 72.4 Å². The van der Waals surface area contributed by atoms with E-state index in [9.17, 15) is 39.5 Å². The number of hydrogen-bond donors (Lipinski definition) is 0. The Balaban J connectivity index is 1.62. The maximum atomic E-state index is 15.2. The minimum Gasteiger partial charge on any atom is -0.429 e. The standard InChI is InChI=1S/C34H23ClF12O/c1-2-3-4-5-6-7-8-17-9-22(36)30(23(37)10-17)19-12-24(38)29(25(39)13-19)18-11-21(35)31(26(40)14-18)34(46,47)48-20-15-27(41)32(28(42)16-20)33(43,44)45/h5-6,9-16H,2-4,7-8H2,1H3/b6-5+. The van der Waals surface area contributed by atoms with Crippen LogP contribution in [0.1, 0.15) is 49.3 Å². The predicted molar refractivity (Wildman–Crippen MR) is 155 cm³/mol. The van der Waals surface area contributed by atoms with Gasteiger partial charge in [-0.15, -0.1) is 0 Å². The lowest BCUT2D eigenvalue weighted by molar-refractivity contribution is -0.187. The van der Waals surface area contributed by atoms with Crippen LogP contribution in [0.2, 0.25) is 5.02 Å². The van der Waals surface area contributed by atoms with Crippen LogP contribution in [0.5, 0.6) is 5.75 Å². The Morgan fingerprint density at radius 1 is 0.604 bits per heavy atom. The number of ether oxygens (including phenoxy) is 1. The fourth-order valence-corrected chi connectivity index (χ4v) is 5.24. The normalized spacial score (nSPS) is 12.3. The van der Waals surface area contributed by atoms with Gasteiger partial charge >= 0.3 is 12.3 Å². The summed E-state index contributed by atoms with van der Waals surface area (Å²) in [5.74, 6) is -13.2. The molecule has 0 unspecified atom stereocenters. The van der Waals surface area contributed by atoms with Crippen LogP contribution < -0.4 is 4.74 Å². The molecule has 0 N–H and O–H groups in total. The first-order chi connectivity index (χ1) is 22.4. The van der Waals surface area contributed by atoms with Crippen molar-refractivity contribution in [2.75, 3.05) is 0 Å². The van der Waals surface area contributed by atoms with Crippen molar-refractivity contribution in [1.29, 1.82) is 0 Å². The van der Waals surface area contributed by atoms with E-state index in [4.69, 9.17) is 11.6 Å². The molecule has 0 bridgehead atoms. The van der Waals surface area contributed by atoms with Crippen molar-refractivity contribution in [2.45, 2.75) is 51.3 Å². The van der Waals surface area contributed by atoms with Crippen LogP contribution in [-0.4, -0.2) is 0 Å². The van der Waals surface area contributed by atoms with Gasteiger partial charge in [0.25, 0.3) is 0 Å². The lowest BCUT2D eigenvalue weighted by atomic mass is 9.96. The maximum Gasteiger partial charge on any atom is 0.431 e. The number of alkyl halides is 5. The molecule has 0 amide bonds. The Hall–Kier alpha value is -4.13. The minimum atomic E-state index is -5.51. The van der Waals surface area contributed by atoms with Crippen molar-refractivity contribution in [1.82, 2.24) is 0 Å². The summed E-state index contributed by atoms with van der Waals surface area (Å²) in [4.78, 5) is 0. The summed E-state index contributed by atoms with van der Waals surface area (Å²) in [5.41, 5.74) is -6.95. The maximum absolute atomic E-state index is 15.2. The van der Waals surface area contributed by atoms with Crippen molar-refractivity contribution in [3.8, 4) is 28.0 Å². The third kappa shape index (κ3) is 8.11. The van der Waals surface area contributed by atoms with Crippen molar-refractivity contribution in [3.63, 3.8) is 0 Å². The van der Waals surface area contributed by atoms with E-state index in [-0.39, 0.29) is 18.2 Å². The summed E-state index contributed by atoms with van der Waals surface area (Å²) in [5, 5.41) is -1.21. The van der Waals surface area contributed by atoms with Crippen LogP contribution in [0.4, 0.5) is 52.7 Å². The summed E-state index contributed by atoms with van der Waals surface area (Å²) >= 11 is 5.79. The average molecular weight is 711 g/mol. The van der Waals surface area contributed by atoms with Crippen LogP contribution in [0, 0.1) is 40.7 Å². The Kier molecular flexibility index (Phi) is 11.1. The molecule has 4 rings (SSSR count). The van der Waals surface area contributed by atoms with Crippen molar-refractivity contribution in [2.24, 2.45) is 0 Å². The number of rotatable bonds is 11. The topological polar surface area (TPSA) is 9.23 Å². The Labute approximate surface area is 271 Å². The van der Waals surface area contributed by atoms with Gasteiger partial charge in [0, 0.05) is 12.1 Å². The van der Waals surface area contributed by atoms with Gasteiger partial charge in [-0.2, -0.15) is 22.0 Å². The summed E-state index contributed by atoms with van der Waals surface area (Å²) < 4.78 is 175. The zero-order valence-corrected chi connectivity index (χ0v) is 25.4. The monoisotopic (exact) mass is 710 g/mol. The number of allylic oxidation sites excluding steroid dienone is 2. The highest BCUT2D eigenvalue weighted by atomic mass is 35.5. The zero-order chi connectivity index (χ0) is 35.6. The highest BCUT2D eigenvalue weighted by Gasteiger charge is 2.43. The van der Waals surface area contributed by atoms with Gasteiger partial charge in [-0.1, -0.05) is 43.5 Å². The van der Waals surface area contributed by atoms with Crippen LogP contribution in [0.25, 0.3) is 22.3 Å². The molecule has 0 spiro atoms. The number of aryl methyl sites for hydroxylation is 1. The van der Waals surface area contributed by atoms with Gasteiger partial charge in [0.05, 0.1) is 16.1 Å². The van der Waals surface area contributed by atoms with Crippen molar-refractivity contribution < 1.29 is 57.4 Å². The Morgan fingerprint density at radius 3 is 1.56 bits per heavy atom. The Bertz CT molecular complexity index is 1760. The summed E-state index contributed by atoms with van der Waals surface area (Å²) in [6.45, 7) is 2.04. The Morgan fingerprint density at radius 2 is 1.06 bits per heavy atom. The van der Waals surface area contributed by atoms with E-state index in [2.05, 4.69) is 4.74 Å². The highest BCUT2D eigenvalue weighted by molar-refractivity contribution is 6.31. The summed E-state index contributed by atoms with van der Waals surface area (Å²) in [7, 11) is 0. The molecule has 4 aromatic carbocycles. The molecule has 0 heterocycles. The molecular weight excluding hydrogens is 688 g/mol. The van der Waals surface area contributed by atoms with Crippen LogP contribution in [0.3, 0.4) is 0 Å². The fraction of sp³-hybridized carbons (Fsp3) is 0.235. The van der Waals surface area contributed by atoms with Gasteiger partial charge in [0.2, 0.25) is 0 Å². The zero-order valence-electron chi connectivity index (χ0n) is 24.6. The molecular formula is C34H23ClF12O. The third-order valence-corrected chi connectivity index (χ3v) is 7.39. The molecule has 1 nitrogen and oxygen atoms in total. The molecule has 4 aromatic rings.